The summed E-state index contributed by atoms with van der Waals surface area (Å²) >= 11 is 0. The minimum atomic E-state index is -0.901. The molecule has 3 atom stereocenters. The highest BCUT2D eigenvalue weighted by Gasteiger charge is 2.35. The molecule has 0 bridgehead atoms. The number of carbonyl (C=O) groups excluding carboxylic acids is 1. The number of carbonyl (C=O) groups is 2. The van der Waals surface area contributed by atoms with E-state index in [9.17, 15) is 14.7 Å². The Morgan fingerprint density at radius 1 is 1.35 bits per heavy atom. The molecule has 1 saturated heterocycles. The third kappa shape index (κ3) is 4.12. The number of aliphatic carboxylic acids is 1. The number of rotatable bonds is 5. The van der Waals surface area contributed by atoms with E-state index in [0.29, 0.717) is 24.8 Å². The molecule has 0 aromatic heterocycles. The molecule has 0 aliphatic carbocycles. The molecule has 1 heterocycles. The average molecular weight is 284 g/mol. The highest BCUT2D eigenvalue weighted by molar-refractivity contribution is 5.83. The van der Waals surface area contributed by atoms with Gasteiger partial charge in [0.25, 0.3) is 0 Å². The standard InChI is InChI=1S/C15H28N2O3/c1-5-12(6-2)11(4)16-15(20)17-8-7-10(3)9-13(17)14(18)19/h10-13H,5-9H2,1-4H3,(H,16,20)(H,18,19). The summed E-state index contributed by atoms with van der Waals surface area (Å²) < 4.78 is 0. The normalized spacial score (nSPS) is 24.6. The van der Waals surface area contributed by atoms with Gasteiger partial charge < -0.3 is 15.3 Å². The van der Waals surface area contributed by atoms with Crippen molar-refractivity contribution in [1.29, 1.82) is 0 Å². The largest absolute Gasteiger partial charge is 0.480 e. The molecule has 3 unspecified atom stereocenters. The van der Waals surface area contributed by atoms with Crippen molar-refractivity contribution < 1.29 is 14.7 Å². The number of carboxylic acids is 1. The maximum Gasteiger partial charge on any atom is 0.326 e. The van der Waals surface area contributed by atoms with Crippen molar-refractivity contribution in [3.05, 3.63) is 0 Å². The first-order valence-electron chi connectivity index (χ1n) is 7.70. The Kier molecular flexibility index (Phi) is 6.30. The van der Waals surface area contributed by atoms with Gasteiger partial charge in [-0.1, -0.05) is 33.6 Å². The van der Waals surface area contributed by atoms with Gasteiger partial charge in [-0.05, 0) is 31.6 Å². The van der Waals surface area contributed by atoms with E-state index in [1.807, 2.05) is 13.8 Å². The third-order valence-electron chi connectivity index (χ3n) is 4.52. The van der Waals surface area contributed by atoms with Gasteiger partial charge in [-0.15, -0.1) is 0 Å². The predicted octanol–water partition coefficient (Wildman–Crippen LogP) is 2.71. The van der Waals surface area contributed by atoms with E-state index in [1.165, 1.54) is 4.90 Å². The lowest BCUT2D eigenvalue weighted by atomic mass is 9.92. The number of hydrogen-bond acceptors (Lipinski definition) is 2. The van der Waals surface area contributed by atoms with E-state index in [0.717, 1.165) is 19.3 Å². The first kappa shape index (κ1) is 16.8. The topological polar surface area (TPSA) is 69.6 Å². The first-order chi connectivity index (χ1) is 9.40. The van der Waals surface area contributed by atoms with E-state index in [2.05, 4.69) is 19.2 Å². The summed E-state index contributed by atoms with van der Waals surface area (Å²) in [4.78, 5) is 25.1. The summed E-state index contributed by atoms with van der Waals surface area (Å²) in [5, 5.41) is 12.3. The van der Waals surface area contributed by atoms with E-state index in [4.69, 9.17) is 0 Å². The van der Waals surface area contributed by atoms with Crippen molar-refractivity contribution >= 4 is 12.0 Å². The monoisotopic (exact) mass is 284 g/mol. The van der Waals surface area contributed by atoms with Crippen LogP contribution in [0.5, 0.6) is 0 Å². The van der Waals surface area contributed by atoms with Gasteiger partial charge in [0.05, 0.1) is 0 Å². The molecule has 1 fully saturated rings. The number of hydrogen-bond donors (Lipinski definition) is 2. The van der Waals surface area contributed by atoms with Crippen LogP contribution in [0.4, 0.5) is 4.79 Å². The van der Waals surface area contributed by atoms with Crippen LogP contribution in [0.25, 0.3) is 0 Å². The maximum atomic E-state index is 12.3. The Morgan fingerprint density at radius 2 is 1.95 bits per heavy atom. The van der Waals surface area contributed by atoms with Crippen molar-refractivity contribution in [3.63, 3.8) is 0 Å². The van der Waals surface area contributed by atoms with Crippen LogP contribution in [0.2, 0.25) is 0 Å². The molecule has 0 saturated carbocycles. The van der Waals surface area contributed by atoms with E-state index in [-0.39, 0.29) is 12.1 Å². The second-order valence-corrected chi connectivity index (χ2v) is 5.99. The van der Waals surface area contributed by atoms with E-state index < -0.39 is 12.0 Å². The number of nitrogens with one attached hydrogen (secondary N) is 1. The van der Waals surface area contributed by atoms with Crippen LogP contribution < -0.4 is 5.32 Å². The van der Waals surface area contributed by atoms with E-state index in [1.54, 1.807) is 0 Å². The van der Waals surface area contributed by atoms with Crippen LogP contribution in [0.1, 0.15) is 53.4 Å². The first-order valence-corrected chi connectivity index (χ1v) is 7.70. The Hall–Kier alpha value is -1.26. The zero-order valence-corrected chi connectivity index (χ0v) is 13.1. The van der Waals surface area contributed by atoms with Crippen LogP contribution in [0.3, 0.4) is 0 Å². The van der Waals surface area contributed by atoms with Gasteiger partial charge in [-0.3, -0.25) is 0 Å². The molecule has 20 heavy (non-hydrogen) atoms. The SMILES string of the molecule is CCC(CC)C(C)NC(=O)N1CCC(C)CC1C(=O)O. The van der Waals surface area contributed by atoms with Gasteiger partial charge in [0.2, 0.25) is 0 Å². The molecule has 2 amide bonds. The second kappa shape index (κ2) is 7.50. The summed E-state index contributed by atoms with van der Waals surface area (Å²) in [6, 6.07) is -0.845. The van der Waals surface area contributed by atoms with Gasteiger partial charge in [0, 0.05) is 12.6 Å². The quantitative estimate of drug-likeness (QED) is 0.815. The molecular weight excluding hydrogens is 256 g/mol. The number of carboxylic acid groups (broad SMARTS) is 1. The number of amides is 2. The van der Waals surface area contributed by atoms with Crippen molar-refractivity contribution in [2.45, 2.75) is 65.5 Å². The van der Waals surface area contributed by atoms with E-state index >= 15 is 0 Å². The number of urea groups is 1. The molecule has 1 aliphatic rings. The average Bonchev–Trinajstić information content (AvgIpc) is 2.39. The van der Waals surface area contributed by atoms with Crippen molar-refractivity contribution in [3.8, 4) is 0 Å². The summed E-state index contributed by atoms with van der Waals surface area (Å²) in [6.07, 6.45) is 3.44. The molecule has 116 valence electrons. The zero-order chi connectivity index (χ0) is 15.3. The van der Waals surface area contributed by atoms with Crippen molar-refractivity contribution in [2.75, 3.05) is 6.54 Å². The minimum Gasteiger partial charge on any atom is -0.480 e. The molecule has 2 N–H and O–H groups in total. The summed E-state index contributed by atoms with van der Waals surface area (Å²) in [7, 11) is 0. The number of likely N-dealkylation sites (tertiary alicyclic amines) is 1. The van der Waals surface area contributed by atoms with Crippen molar-refractivity contribution in [1.82, 2.24) is 10.2 Å². The fourth-order valence-corrected chi connectivity index (χ4v) is 3.01. The molecule has 0 aromatic rings. The second-order valence-electron chi connectivity index (χ2n) is 5.99. The van der Waals surface area contributed by atoms with Crippen LogP contribution in [0.15, 0.2) is 0 Å². The highest BCUT2D eigenvalue weighted by atomic mass is 16.4. The fraction of sp³-hybridized carbons (Fsp3) is 0.867. The lowest BCUT2D eigenvalue weighted by Gasteiger charge is -2.37. The van der Waals surface area contributed by atoms with Crippen molar-refractivity contribution in [2.24, 2.45) is 11.8 Å². The molecule has 1 aliphatic heterocycles. The summed E-state index contributed by atoms with van der Waals surface area (Å²) in [5.41, 5.74) is 0. The Morgan fingerprint density at radius 3 is 2.45 bits per heavy atom. The molecule has 0 spiro atoms. The fourth-order valence-electron chi connectivity index (χ4n) is 3.01. The maximum absolute atomic E-state index is 12.3. The van der Waals surface area contributed by atoms with Crippen LogP contribution in [-0.4, -0.2) is 40.6 Å². The van der Waals surface area contributed by atoms with Crippen LogP contribution >= 0.6 is 0 Å². The van der Waals surface area contributed by atoms with Gasteiger partial charge >= 0.3 is 12.0 Å². The van der Waals surface area contributed by atoms with Crippen LogP contribution in [-0.2, 0) is 4.79 Å². The molecular formula is C15H28N2O3. The lowest BCUT2D eigenvalue weighted by molar-refractivity contribution is -0.143. The summed E-state index contributed by atoms with van der Waals surface area (Å²) in [6.45, 7) is 8.79. The minimum absolute atomic E-state index is 0.0753. The third-order valence-corrected chi connectivity index (χ3v) is 4.52. The predicted molar refractivity (Wildman–Crippen MR) is 78.6 cm³/mol. The van der Waals surface area contributed by atoms with Gasteiger partial charge in [0.1, 0.15) is 6.04 Å². The Bertz CT molecular complexity index is 342. The van der Waals surface area contributed by atoms with Gasteiger partial charge in [-0.25, -0.2) is 9.59 Å². The summed E-state index contributed by atoms with van der Waals surface area (Å²) in [5.74, 6) is -0.107. The zero-order valence-electron chi connectivity index (χ0n) is 13.1. The molecule has 1 rings (SSSR count). The molecule has 0 radical (unpaired) electrons. The molecule has 5 nitrogen and oxygen atoms in total. The Labute approximate surface area is 121 Å². The van der Waals surface area contributed by atoms with Gasteiger partial charge in [0.15, 0.2) is 0 Å². The molecule has 5 heteroatoms. The molecule has 0 aromatic carbocycles. The highest BCUT2D eigenvalue weighted by Crippen LogP contribution is 2.23. The van der Waals surface area contributed by atoms with Gasteiger partial charge in [-0.2, -0.15) is 0 Å². The van der Waals surface area contributed by atoms with Crippen LogP contribution in [0, 0.1) is 11.8 Å². The smallest absolute Gasteiger partial charge is 0.326 e. The number of piperidine rings is 1. The lowest BCUT2D eigenvalue weighted by Crippen LogP contribution is -2.55. The Balaban J connectivity index is 2.67. The number of nitrogens with zero attached hydrogens (tertiary/aromatic N) is 1.